The molecule has 7 nitrogen and oxygen atoms in total. The Labute approximate surface area is 148 Å². The average molecular weight is 349 g/mol. The van der Waals surface area contributed by atoms with Gasteiger partial charge in [0.2, 0.25) is 5.95 Å². The maximum atomic E-state index is 12.4. The molecule has 140 valence electrons. The third-order valence-electron chi connectivity index (χ3n) is 4.73. The van der Waals surface area contributed by atoms with Crippen LogP contribution in [0, 0.1) is 0 Å². The average Bonchev–Trinajstić information content (AvgIpc) is 2.94. The van der Waals surface area contributed by atoms with E-state index in [0.717, 1.165) is 25.8 Å². The van der Waals surface area contributed by atoms with Crippen LogP contribution in [0.15, 0.2) is 9.59 Å². The van der Waals surface area contributed by atoms with Crippen molar-refractivity contribution in [3.63, 3.8) is 0 Å². The molecular formula is C18H31N5O2. The monoisotopic (exact) mass is 349 g/mol. The molecule has 2 heterocycles. The van der Waals surface area contributed by atoms with E-state index in [1.54, 1.807) is 7.05 Å². The minimum Gasteiger partial charge on any atom is -0.353 e. The summed E-state index contributed by atoms with van der Waals surface area (Å²) in [6.45, 7) is 7.11. The number of anilines is 1. The number of aromatic nitrogens is 4. The summed E-state index contributed by atoms with van der Waals surface area (Å²) in [6, 6.07) is 0.247. The predicted molar refractivity (Wildman–Crippen MR) is 102 cm³/mol. The van der Waals surface area contributed by atoms with Gasteiger partial charge in [0, 0.05) is 19.6 Å². The second-order valence-electron chi connectivity index (χ2n) is 6.80. The van der Waals surface area contributed by atoms with Gasteiger partial charge in [-0.2, -0.15) is 4.98 Å². The molecule has 0 fully saturated rings. The zero-order chi connectivity index (χ0) is 18.4. The van der Waals surface area contributed by atoms with E-state index in [-0.39, 0.29) is 11.6 Å². The highest BCUT2D eigenvalue weighted by atomic mass is 16.2. The standard InChI is InChI=1S/C18H31N5O2/c1-5-7-8-9-10-11-12-23-14-15(20-17(23)19-13(3)6-2)22(4)18(25)21-16(14)24/h13H,5-12H2,1-4H3,(H,19,20)(H,21,24,25)/t13-/m1/s1. The minimum atomic E-state index is -0.434. The summed E-state index contributed by atoms with van der Waals surface area (Å²) in [5, 5.41) is 3.37. The first-order valence-electron chi connectivity index (χ1n) is 9.45. The lowest BCUT2D eigenvalue weighted by Crippen LogP contribution is -2.29. The summed E-state index contributed by atoms with van der Waals surface area (Å²) in [6.07, 6.45) is 8.06. The van der Waals surface area contributed by atoms with Gasteiger partial charge >= 0.3 is 5.69 Å². The van der Waals surface area contributed by atoms with E-state index in [2.05, 4.69) is 36.1 Å². The fraction of sp³-hybridized carbons (Fsp3) is 0.722. The molecule has 2 aromatic heterocycles. The zero-order valence-electron chi connectivity index (χ0n) is 15.9. The van der Waals surface area contributed by atoms with Crippen LogP contribution in [0.1, 0.15) is 65.7 Å². The zero-order valence-corrected chi connectivity index (χ0v) is 15.9. The van der Waals surface area contributed by atoms with E-state index in [4.69, 9.17) is 0 Å². The number of fused-ring (bicyclic) bond motifs is 1. The molecule has 0 unspecified atom stereocenters. The van der Waals surface area contributed by atoms with E-state index >= 15 is 0 Å². The molecular weight excluding hydrogens is 318 g/mol. The molecule has 0 saturated heterocycles. The van der Waals surface area contributed by atoms with Crippen LogP contribution in [0.3, 0.4) is 0 Å². The number of imidazole rings is 1. The molecule has 2 rings (SSSR count). The van der Waals surface area contributed by atoms with Gasteiger partial charge in [0.1, 0.15) is 0 Å². The van der Waals surface area contributed by atoms with Crippen molar-refractivity contribution in [2.75, 3.05) is 5.32 Å². The van der Waals surface area contributed by atoms with Gasteiger partial charge in [-0.15, -0.1) is 0 Å². The number of nitrogens with one attached hydrogen (secondary N) is 2. The molecule has 0 bridgehead atoms. The quantitative estimate of drug-likeness (QED) is 0.646. The summed E-state index contributed by atoms with van der Waals surface area (Å²) in [5.41, 5.74) is 0.109. The van der Waals surface area contributed by atoms with Crippen LogP contribution >= 0.6 is 0 Å². The van der Waals surface area contributed by atoms with Gasteiger partial charge in [0.15, 0.2) is 11.2 Å². The summed E-state index contributed by atoms with van der Waals surface area (Å²) in [4.78, 5) is 31.1. The maximum Gasteiger partial charge on any atom is 0.329 e. The van der Waals surface area contributed by atoms with Crippen molar-refractivity contribution >= 4 is 17.1 Å². The number of hydrogen-bond acceptors (Lipinski definition) is 4. The molecule has 0 aliphatic carbocycles. The Balaban J connectivity index is 2.30. The molecule has 0 radical (unpaired) electrons. The molecule has 0 saturated carbocycles. The second kappa shape index (κ2) is 8.87. The van der Waals surface area contributed by atoms with Gasteiger partial charge in [0.25, 0.3) is 5.56 Å². The topological polar surface area (TPSA) is 84.7 Å². The third kappa shape index (κ3) is 4.52. The van der Waals surface area contributed by atoms with Crippen molar-refractivity contribution in [1.29, 1.82) is 0 Å². The molecule has 7 heteroatoms. The van der Waals surface area contributed by atoms with Crippen molar-refractivity contribution in [2.45, 2.75) is 78.3 Å². The number of H-pyrrole nitrogens is 1. The fourth-order valence-electron chi connectivity index (χ4n) is 2.94. The van der Waals surface area contributed by atoms with Crippen molar-refractivity contribution < 1.29 is 0 Å². The van der Waals surface area contributed by atoms with Gasteiger partial charge in [-0.25, -0.2) is 4.79 Å². The Morgan fingerprint density at radius 1 is 1.12 bits per heavy atom. The Morgan fingerprint density at radius 2 is 1.80 bits per heavy atom. The molecule has 0 aliphatic rings. The lowest BCUT2D eigenvalue weighted by Gasteiger charge is -2.14. The fourth-order valence-corrected chi connectivity index (χ4v) is 2.94. The van der Waals surface area contributed by atoms with Crippen molar-refractivity contribution in [3.8, 4) is 0 Å². The maximum absolute atomic E-state index is 12.4. The van der Waals surface area contributed by atoms with Crippen LogP contribution in [0.2, 0.25) is 0 Å². The van der Waals surface area contributed by atoms with Crippen molar-refractivity contribution in [3.05, 3.63) is 20.8 Å². The van der Waals surface area contributed by atoms with Crippen LogP contribution < -0.4 is 16.6 Å². The van der Waals surface area contributed by atoms with E-state index in [0.29, 0.717) is 17.1 Å². The Hall–Kier alpha value is -2.05. The number of unbranched alkanes of at least 4 members (excludes halogenated alkanes) is 5. The van der Waals surface area contributed by atoms with Gasteiger partial charge in [-0.05, 0) is 19.8 Å². The third-order valence-corrected chi connectivity index (χ3v) is 4.73. The molecule has 0 amide bonds. The lowest BCUT2D eigenvalue weighted by atomic mass is 10.1. The number of hydrogen-bond donors (Lipinski definition) is 2. The normalized spacial score (nSPS) is 12.6. The van der Waals surface area contributed by atoms with E-state index in [1.807, 2.05) is 4.57 Å². The number of nitrogens with zero attached hydrogens (tertiary/aromatic N) is 3. The van der Waals surface area contributed by atoms with Gasteiger partial charge in [-0.3, -0.25) is 14.3 Å². The second-order valence-corrected chi connectivity index (χ2v) is 6.80. The molecule has 0 spiro atoms. The summed E-state index contributed by atoms with van der Waals surface area (Å²) in [5.74, 6) is 0.671. The van der Waals surface area contributed by atoms with Crippen molar-refractivity contribution in [2.24, 2.45) is 7.05 Å². The molecule has 2 N–H and O–H groups in total. The van der Waals surface area contributed by atoms with Crippen LogP contribution in [0.4, 0.5) is 5.95 Å². The smallest absolute Gasteiger partial charge is 0.329 e. The highest BCUT2D eigenvalue weighted by Gasteiger charge is 2.17. The summed E-state index contributed by atoms with van der Waals surface area (Å²) in [7, 11) is 1.63. The Kier molecular flexibility index (Phi) is 6.84. The van der Waals surface area contributed by atoms with Crippen LogP contribution in [0.5, 0.6) is 0 Å². The predicted octanol–water partition coefficient (Wildman–Crippen LogP) is 2.99. The Bertz CT molecular complexity index is 802. The first kappa shape index (κ1) is 19.3. The highest BCUT2D eigenvalue weighted by Crippen LogP contribution is 2.18. The number of aryl methyl sites for hydroxylation is 2. The molecule has 2 aromatic rings. The van der Waals surface area contributed by atoms with Gasteiger partial charge in [0.05, 0.1) is 0 Å². The molecule has 0 aliphatic heterocycles. The highest BCUT2D eigenvalue weighted by molar-refractivity contribution is 5.74. The SMILES string of the molecule is CCCCCCCCn1c(N[C@H](C)CC)nc2c1c(=O)[nH]c(=O)n2C. The largest absolute Gasteiger partial charge is 0.353 e. The van der Waals surface area contributed by atoms with E-state index in [1.165, 1.54) is 30.3 Å². The minimum absolute atomic E-state index is 0.247. The summed E-state index contributed by atoms with van der Waals surface area (Å²) >= 11 is 0. The first-order chi connectivity index (χ1) is 12.0. The first-order valence-corrected chi connectivity index (χ1v) is 9.45. The van der Waals surface area contributed by atoms with Gasteiger partial charge in [-0.1, -0.05) is 46.0 Å². The van der Waals surface area contributed by atoms with Crippen molar-refractivity contribution in [1.82, 2.24) is 19.1 Å². The van der Waals surface area contributed by atoms with E-state index in [9.17, 15) is 9.59 Å². The Morgan fingerprint density at radius 3 is 2.48 bits per heavy atom. The molecule has 0 aromatic carbocycles. The van der Waals surface area contributed by atoms with E-state index < -0.39 is 5.69 Å². The molecule has 1 atom stereocenters. The van der Waals surface area contributed by atoms with Crippen LogP contribution in [-0.2, 0) is 13.6 Å². The number of rotatable bonds is 10. The molecule has 25 heavy (non-hydrogen) atoms. The lowest BCUT2D eigenvalue weighted by molar-refractivity contribution is 0.563. The van der Waals surface area contributed by atoms with Crippen LogP contribution in [0.25, 0.3) is 11.2 Å². The van der Waals surface area contributed by atoms with Gasteiger partial charge < -0.3 is 9.88 Å². The van der Waals surface area contributed by atoms with Crippen LogP contribution in [-0.4, -0.2) is 25.1 Å². The summed E-state index contributed by atoms with van der Waals surface area (Å²) < 4.78 is 3.33. The number of aromatic amines is 1.